The maximum Gasteiger partial charge on any atom is 0.193 e. The van der Waals surface area contributed by atoms with Gasteiger partial charge in [-0.3, -0.25) is 0 Å². The second-order valence-corrected chi connectivity index (χ2v) is 4.55. The van der Waals surface area contributed by atoms with E-state index >= 15 is 0 Å². The Hall–Kier alpha value is -1.19. The first-order chi connectivity index (χ1) is 8.06. The van der Waals surface area contributed by atoms with Gasteiger partial charge in [0.15, 0.2) is 5.22 Å². The molecule has 1 atom stereocenters. The summed E-state index contributed by atoms with van der Waals surface area (Å²) < 4.78 is 10.8. The summed E-state index contributed by atoms with van der Waals surface area (Å²) in [5, 5.41) is 3.79. The monoisotopic (exact) mass is 253 g/mol. The standard InChI is InChI=1S/C13H16ClNO2/c1-8-6-12(10(3)16-8)9(2)15-7-11-4-5-13(14)17-11/h4-6,9,15H,7H2,1-3H3. The predicted octanol–water partition coefficient (Wildman–Crippen LogP) is 3.99. The number of nitrogens with one attached hydrogen (secondary N) is 1. The molecule has 0 aliphatic carbocycles. The van der Waals surface area contributed by atoms with Crippen molar-refractivity contribution < 1.29 is 8.83 Å². The number of hydrogen-bond acceptors (Lipinski definition) is 3. The van der Waals surface area contributed by atoms with E-state index < -0.39 is 0 Å². The summed E-state index contributed by atoms with van der Waals surface area (Å²) in [4.78, 5) is 0. The van der Waals surface area contributed by atoms with Crippen LogP contribution in [0.2, 0.25) is 5.22 Å². The minimum absolute atomic E-state index is 0.219. The first-order valence-electron chi connectivity index (χ1n) is 5.61. The van der Waals surface area contributed by atoms with Gasteiger partial charge in [-0.05, 0) is 50.6 Å². The lowest BCUT2D eigenvalue weighted by atomic mass is 10.1. The molecule has 1 unspecified atom stereocenters. The van der Waals surface area contributed by atoms with Crippen LogP contribution in [0.5, 0.6) is 0 Å². The smallest absolute Gasteiger partial charge is 0.193 e. The molecule has 0 amide bonds. The minimum Gasteiger partial charge on any atom is -0.466 e. The van der Waals surface area contributed by atoms with Crippen LogP contribution < -0.4 is 5.32 Å². The number of aryl methyl sites for hydroxylation is 2. The van der Waals surface area contributed by atoms with E-state index in [0.29, 0.717) is 11.8 Å². The molecule has 0 spiro atoms. The van der Waals surface area contributed by atoms with E-state index in [-0.39, 0.29) is 6.04 Å². The zero-order valence-electron chi connectivity index (χ0n) is 10.2. The van der Waals surface area contributed by atoms with E-state index in [9.17, 15) is 0 Å². The predicted molar refractivity (Wildman–Crippen MR) is 67.2 cm³/mol. The van der Waals surface area contributed by atoms with Gasteiger partial charge in [0.05, 0.1) is 6.54 Å². The summed E-state index contributed by atoms with van der Waals surface area (Å²) in [5.74, 6) is 2.73. The average Bonchev–Trinajstić information content (AvgIpc) is 2.81. The molecule has 1 N–H and O–H groups in total. The molecule has 0 saturated carbocycles. The molecule has 4 heteroatoms. The van der Waals surface area contributed by atoms with Gasteiger partial charge in [-0.25, -0.2) is 0 Å². The van der Waals surface area contributed by atoms with Crippen molar-refractivity contribution >= 4 is 11.6 Å². The van der Waals surface area contributed by atoms with E-state index in [1.807, 2.05) is 19.9 Å². The van der Waals surface area contributed by atoms with Crippen molar-refractivity contribution in [1.82, 2.24) is 5.32 Å². The van der Waals surface area contributed by atoms with Crippen LogP contribution in [-0.2, 0) is 6.54 Å². The van der Waals surface area contributed by atoms with Crippen LogP contribution in [0.1, 0.15) is 35.8 Å². The van der Waals surface area contributed by atoms with Gasteiger partial charge in [0.25, 0.3) is 0 Å². The van der Waals surface area contributed by atoms with Crippen molar-refractivity contribution in [2.24, 2.45) is 0 Å². The Bertz CT molecular complexity index is 501. The number of halogens is 1. The van der Waals surface area contributed by atoms with Crippen LogP contribution in [0.3, 0.4) is 0 Å². The zero-order chi connectivity index (χ0) is 12.4. The summed E-state index contributed by atoms with van der Waals surface area (Å²) in [6.45, 7) is 6.68. The first kappa shape index (κ1) is 12.3. The van der Waals surface area contributed by atoms with Gasteiger partial charge in [0, 0.05) is 11.6 Å². The molecule has 0 aliphatic rings. The van der Waals surface area contributed by atoms with Crippen molar-refractivity contribution in [3.05, 3.63) is 46.3 Å². The lowest BCUT2D eigenvalue weighted by Gasteiger charge is -2.11. The van der Waals surface area contributed by atoms with Gasteiger partial charge in [0.2, 0.25) is 0 Å². The van der Waals surface area contributed by atoms with Gasteiger partial charge in [-0.2, -0.15) is 0 Å². The summed E-state index contributed by atoms with van der Waals surface area (Å²) >= 11 is 5.71. The second kappa shape index (κ2) is 4.98. The van der Waals surface area contributed by atoms with Crippen LogP contribution in [-0.4, -0.2) is 0 Å². The summed E-state index contributed by atoms with van der Waals surface area (Å²) in [6.07, 6.45) is 0. The fourth-order valence-corrected chi connectivity index (χ4v) is 2.05. The van der Waals surface area contributed by atoms with E-state index in [0.717, 1.165) is 17.3 Å². The highest BCUT2D eigenvalue weighted by Crippen LogP contribution is 2.22. The average molecular weight is 254 g/mol. The molecule has 2 heterocycles. The molecule has 0 saturated heterocycles. The van der Waals surface area contributed by atoms with E-state index in [1.54, 1.807) is 6.07 Å². The van der Waals surface area contributed by atoms with Gasteiger partial charge < -0.3 is 14.2 Å². The molecule has 3 nitrogen and oxygen atoms in total. The highest BCUT2D eigenvalue weighted by molar-refractivity contribution is 6.28. The Kier molecular flexibility index (Phi) is 3.60. The maximum atomic E-state index is 5.71. The molecule has 17 heavy (non-hydrogen) atoms. The van der Waals surface area contributed by atoms with E-state index in [1.165, 1.54) is 5.56 Å². The summed E-state index contributed by atoms with van der Waals surface area (Å²) in [7, 11) is 0. The van der Waals surface area contributed by atoms with Crippen LogP contribution in [0, 0.1) is 13.8 Å². The third-order valence-electron chi connectivity index (χ3n) is 2.76. The second-order valence-electron chi connectivity index (χ2n) is 4.18. The van der Waals surface area contributed by atoms with Crippen LogP contribution in [0.4, 0.5) is 0 Å². The Morgan fingerprint density at radius 3 is 2.59 bits per heavy atom. The van der Waals surface area contributed by atoms with Crippen LogP contribution in [0.15, 0.2) is 27.0 Å². The summed E-state index contributed by atoms with van der Waals surface area (Å²) in [5.41, 5.74) is 1.18. The van der Waals surface area contributed by atoms with Crippen LogP contribution in [0.25, 0.3) is 0 Å². The minimum atomic E-state index is 0.219. The Balaban J connectivity index is 1.97. The van der Waals surface area contributed by atoms with Crippen LogP contribution >= 0.6 is 11.6 Å². The highest BCUT2D eigenvalue weighted by Gasteiger charge is 2.12. The maximum absolute atomic E-state index is 5.71. The molecule has 0 aliphatic heterocycles. The molecule has 0 aromatic carbocycles. The van der Waals surface area contributed by atoms with Gasteiger partial charge in [-0.1, -0.05) is 0 Å². The molecule has 2 rings (SSSR count). The third kappa shape index (κ3) is 2.93. The molecule has 2 aromatic heterocycles. The molecule has 0 bridgehead atoms. The topological polar surface area (TPSA) is 38.3 Å². The van der Waals surface area contributed by atoms with Crippen molar-refractivity contribution in [3.63, 3.8) is 0 Å². The SMILES string of the molecule is Cc1cc(C(C)NCc2ccc(Cl)o2)c(C)o1. The van der Waals surface area contributed by atoms with Gasteiger partial charge in [0.1, 0.15) is 17.3 Å². The lowest BCUT2D eigenvalue weighted by Crippen LogP contribution is -2.17. The molecule has 92 valence electrons. The van der Waals surface area contributed by atoms with E-state index in [4.69, 9.17) is 20.4 Å². The van der Waals surface area contributed by atoms with E-state index in [2.05, 4.69) is 18.3 Å². The molecule has 0 fully saturated rings. The van der Waals surface area contributed by atoms with Crippen molar-refractivity contribution in [3.8, 4) is 0 Å². The Morgan fingerprint density at radius 2 is 2.06 bits per heavy atom. The van der Waals surface area contributed by atoms with Crippen molar-refractivity contribution in [2.45, 2.75) is 33.4 Å². The number of rotatable bonds is 4. The number of furan rings is 2. The highest BCUT2D eigenvalue weighted by atomic mass is 35.5. The fourth-order valence-electron chi connectivity index (χ4n) is 1.89. The molecule has 2 aromatic rings. The molecular weight excluding hydrogens is 238 g/mol. The zero-order valence-corrected chi connectivity index (χ0v) is 11.0. The van der Waals surface area contributed by atoms with Gasteiger partial charge in [-0.15, -0.1) is 0 Å². The summed E-state index contributed by atoms with van der Waals surface area (Å²) in [6, 6.07) is 5.89. The quantitative estimate of drug-likeness (QED) is 0.895. The molecular formula is C13H16ClNO2. The number of hydrogen-bond donors (Lipinski definition) is 1. The first-order valence-corrected chi connectivity index (χ1v) is 5.98. The largest absolute Gasteiger partial charge is 0.466 e. The lowest BCUT2D eigenvalue weighted by molar-refractivity contribution is 0.454. The fraction of sp³-hybridized carbons (Fsp3) is 0.385. The normalized spacial score (nSPS) is 12.9. The Labute approximate surface area is 106 Å². The molecule has 0 radical (unpaired) electrons. The van der Waals surface area contributed by atoms with Crippen molar-refractivity contribution in [1.29, 1.82) is 0 Å². The third-order valence-corrected chi connectivity index (χ3v) is 2.96. The van der Waals surface area contributed by atoms with Gasteiger partial charge >= 0.3 is 0 Å². The van der Waals surface area contributed by atoms with Crippen molar-refractivity contribution in [2.75, 3.05) is 0 Å². The Morgan fingerprint density at radius 1 is 1.29 bits per heavy atom.